The minimum Gasteiger partial charge on any atom is -0.339 e. The van der Waals surface area contributed by atoms with Gasteiger partial charge in [-0.05, 0) is 43.2 Å². The molecule has 1 amide bonds. The molecule has 0 N–H and O–H groups in total. The molecule has 2 aromatic carbocycles. The molecule has 2 heterocycles. The van der Waals surface area contributed by atoms with E-state index in [9.17, 15) is 4.79 Å². The van der Waals surface area contributed by atoms with E-state index < -0.39 is 0 Å². The Morgan fingerprint density at radius 3 is 2.81 bits per heavy atom. The number of hydrogen-bond donors (Lipinski definition) is 0. The molecule has 4 rings (SSSR count). The minimum absolute atomic E-state index is 0.0872. The predicted octanol–water partition coefficient (Wildman–Crippen LogP) is 4.64. The summed E-state index contributed by atoms with van der Waals surface area (Å²) in [7, 11) is 0. The van der Waals surface area contributed by atoms with Crippen molar-refractivity contribution in [3.8, 4) is 11.4 Å². The Morgan fingerprint density at radius 2 is 2.00 bits per heavy atom. The van der Waals surface area contributed by atoms with Crippen LogP contribution in [0.2, 0.25) is 0 Å². The molecule has 0 saturated carbocycles. The highest BCUT2D eigenvalue weighted by Gasteiger charge is 2.35. The van der Waals surface area contributed by atoms with E-state index in [-0.39, 0.29) is 11.8 Å². The Morgan fingerprint density at radius 1 is 1.19 bits per heavy atom. The predicted molar refractivity (Wildman–Crippen MR) is 103 cm³/mol. The van der Waals surface area contributed by atoms with Gasteiger partial charge < -0.3 is 9.42 Å². The highest BCUT2D eigenvalue weighted by molar-refractivity contribution is 9.10. The molecule has 5 nitrogen and oxygen atoms in total. The zero-order valence-corrected chi connectivity index (χ0v) is 16.2. The second-order valence-corrected chi connectivity index (χ2v) is 7.51. The van der Waals surface area contributed by atoms with Crippen LogP contribution in [-0.2, 0) is 4.79 Å². The van der Waals surface area contributed by atoms with Crippen LogP contribution in [-0.4, -0.2) is 22.6 Å². The molecular weight excluding hydrogens is 394 g/mol. The summed E-state index contributed by atoms with van der Waals surface area (Å²) < 4.78 is 6.43. The molecular formula is C20H18BrN3O2. The Labute approximate surface area is 160 Å². The van der Waals surface area contributed by atoms with E-state index in [0.29, 0.717) is 24.7 Å². The average molecular weight is 412 g/mol. The number of nitrogens with zero attached hydrogens (tertiary/aromatic N) is 3. The Hall–Kier alpha value is -2.47. The van der Waals surface area contributed by atoms with E-state index in [0.717, 1.165) is 21.3 Å². The number of aryl methyl sites for hydroxylation is 1. The number of carbonyl (C=O) groups excluding carboxylic acids is 1. The molecule has 6 heteroatoms. The number of benzene rings is 2. The van der Waals surface area contributed by atoms with Crippen molar-refractivity contribution in [2.45, 2.75) is 26.2 Å². The lowest BCUT2D eigenvalue weighted by molar-refractivity contribution is -0.117. The van der Waals surface area contributed by atoms with Crippen LogP contribution in [0.3, 0.4) is 0 Å². The Kier molecular flexibility index (Phi) is 4.36. The fourth-order valence-electron chi connectivity index (χ4n) is 3.28. The van der Waals surface area contributed by atoms with E-state index in [1.54, 1.807) is 0 Å². The summed E-state index contributed by atoms with van der Waals surface area (Å²) in [6, 6.07) is 13.8. The van der Waals surface area contributed by atoms with Crippen LogP contribution in [0.15, 0.2) is 51.5 Å². The minimum atomic E-state index is -0.0872. The number of aromatic nitrogens is 2. The van der Waals surface area contributed by atoms with Gasteiger partial charge >= 0.3 is 0 Å². The van der Waals surface area contributed by atoms with Gasteiger partial charge in [-0.3, -0.25) is 4.79 Å². The summed E-state index contributed by atoms with van der Waals surface area (Å²) in [5.74, 6) is 1.06. The maximum absolute atomic E-state index is 12.6. The average Bonchev–Trinajstić information content (AvgIpc) is 3.24. The van der Waals surface area contributed by atoms with Gasteiger partial charge in [-0.2, -0.15) is 4.98 Å². The summed E-state index contributed by atoms with van der Waals surface area (Å²) in [5.41, 5.74) is 4.14. The van der Waals surface area contributed by atoms with Crippen molar-refractivity contribution in [3.63, 3.8) is 0 Å². The van der Waals surface area contributed by atoms with Gasteiger partial charge in [0.05, 0.1) is 5.92 Å². The lowest BCUT2D eigenvalue weighted by Gasteiger charge is -2.19. The van der Waals surface area contributed by atoms with Gasteiger partial charge in [0, 0.05) is 28.7 Å². The van der Waals surface area contributed by atoms with Crippen LogP contribution in [0.25, 0.3) is 11.4 Å². The van der Waals surface area contributed by atoms with Crippen LogP contribution in [0, 0.1) is 13.8 Å². The maximum atomic E-state index is 12.6. The van der Waals surface area contributed by atoms with Crippen LogP contribution >= 0.6 is 15.9 Å². The van der Waals surface area contributed by atoms with Crippen LogP contribution in [0.4, 0.5) is 5.69 Å². The lowest BCUT2D eigenvalue weighted by atomic mass is 10.1. The molecule has 1 saturated heterocycles. The first-order valence-electron chi connectivity index (χ1n) is 8.49. The van der Waals surface area contributed by atoms with Gasteiger partial charge in [-0.25, -0.2) is 0 Å². The molecule has 1 unspecified atom stereocenters. The summed E-state index contributed by atoms with van der Waals surface area (Å²) in [5, 5.41) is 4.09. The third kappa shape index (κ3) is 3.05. The number of hydrogen-bond acceptors (Lipinski definition) is 4. The first-order chi connectivity index (χ1) is 12.5. The largest absolute Gasteiger partial charge is 0.339 e. The zero-order valence-electron chi connectivity index (χ0n) is 14.6. The molecule has 0 bridgehead atoms. The SMILES string of the molecule is Cc1cccc(N2CC(c3nc(-c4cccc(Br)c4)no3)CC2=O)c1C. The number of halogens is 1. The van der Waals surface area contributed by atoms with Gasteiger partial charge in [-0.15, -0.1) is 0 Å². The molecule has 132 valence electrons. The highest BCUT2D eigenvalue weighted by Crippen LogP contribution is 2.34. The van der Waals surface area contributed by atoms with Crippen molar-refractivity contribution in [1.29, 1.82) is 0 Å². The van der Waals surface area contributed by atoms with E-state index in [2.05, 4.69) is 39.1 Å². The van der Waals surface area contributed by atoms with Gasteiger partial charge in [0.1, 0.15) is 0 Å². The van der Waals surface area contributed by atoms with E-state index in [1.807, 2.05) is 48.2 Å². The highest BCUT2D eigenvalue weighted by atomic mass is 79.9. The van der Waals surface area contributed by atoms with Gasteiger partial charge in [-0.1, -0.05) is 45.4 Å². The standard InChI is InChI=1S/C20H18BrN3O2/c1-12-5-3-8-17(13(12)2)24-11-15(10-18(24)25)20-22-19(23-26-20)14-6-4-7-16(21)9-14/h3-9,15H,10-11H2,1-2H3. The quantitative estimate of drug-likeness (QED) is 0.629. The molecule has 0 spiro atoms. The van der Waals surface area contributed by atoms with E-state index in [4.69, 9.17) is 4.52 Å². The summed E-state index contributed by atoms with van der Waals surface area (Å²) in [4.78, 5) is 18.9. The van der Waals surface area contributed by atoms with E-state index >= 15 is 0 Å². The van der Waals surface area contributed by atoms with Crippen LogP contribution in [0.5, 0.6) is 0 Å². The molecule has 1 aliphatic heterocycles. The number of rotatable bonds is 3. The van der Waals surface area contributed by atoms with Crippen molar-refractivity contribution in [2.75, 3.05) is 11.4 Å². The number of amides is 1. The molecule has 1 atom stereocenters. The fraction of sp³-hybridized carbons (Fsp3) is 0.250. The molecule has 3 aromatic rings. The molecule has 1 fully saturated rings. The van der Waals surface area contributed by atoms with Crippen molar-refractivity contribution >= 4 is 27.5 Å². The normalized spacial score (nSPS) is 17.1. The first-order valence-corrected chi connectivity index (χ1v) is 9.28. The Balaban J connectivity index is 1.59. The third-order valence-corrected chi connectivity index (χ3v) is 5.36. The van der Waals surface area contributed by atoms with Crippen molar-refractivity contribution < 1.29 is 9.32 Å². The van der Waals surface area contributed by atoms with Crippen molar-refractivity contribution in [1.82, 2.24) is 10.1 Å². The molecule has 0 aliphatic carbocycles. The van der Waals surface area contributed by atoms with Crippen molar-refractivity contribution in [3.05, 3.63) is 64.0 Å². The maximum Gasteiger partial charge on any atom is 0.232 e. The second-order valence-electron chi connectivity index (χ2n) is 6.59. The summed E-state index contributed by atoms with van der Waals surface area (Å²) >= 11 is 3.45. The van der Waals surface area contributed by atoms with Gasteiger partial charge in [0.25, 0.3) is 0 Å². The van der Waals surface area contributed by atoms with Crippen LogP contribution in [0.1, 0.15) is 29.4 Å². The van der Waals surface area contributed by atoms with Gasteiger partial charge in [0.2, 0.25) is 17.6 Å². The number of anilines is 1. The summed E-state index contributed by atoms with van der Waals surface area (Å²) in [6.07, 6.45) is 0.382. The monoisotopic (exact) mass is 411 g/mol. The lowest BCUT2D eigenvalue weighted by Crippen LogP contribution is -2.25. The van der Waals surface area contributed by atoms with Gasteiger partial charge in [0.15, 0.2) is 0 Å². The molecule has 1 aliphatic rings. The molecule has 26 heavy (non-hydrogen) atoms. The third-order valence-electron chi connectivity index (χ3n) is 4.87. The second kappa shape index (κ2) is 6.68. The molecule has 0 radical (unpaired) electrons. The van der Waals surface area contributed by atoms with Crippen LogP contribution < -0.4 is 4.90 Å². The number of carbonyl (C=O) groups is 1. The van der Waals surface area contributed by atoms with Crippen molar-refractivity contribution in [2.24, 2.45) is 0 Å². The first kappa shape index (κ1) is 17.0. The summed E-state index contributed by atoms with van der Waals surface area (Å²) in [6.45, 7) is 4.66. The topological polar surface area (TPSA) is 59.2 Å². The Bertz CT molecular complexity index is 983. The smallest absolute Gasteiger partial charge is 0.232 e. The fourth-order valence-corrected chi connectivity index (χ4v) is 3.68. The van der Waals surface area contributed by atoms with E-state index in [1.165, 1.54) is 5.56 Å². The molecule has 1 aromatic heterocycles. The zero-order chi connectivity index (χ0) is 18.3.